The van der Waals surface area contributed by atoms with Gasteiger partial charge in [0.05, 0.1) is 11.5 Å². The van der Waals surface area contributed by atoms with Crippen molar-refractivity contribution in [1.29, 1.82) is 0 Å². The lowest BCUT2D eigenvalue weighted by atomic mass is 10.1. The Hall–Kier alpha value is -2.95. The molecule has 1 aliphatic rings. The molecule has 21 heavy (non-hydrogen) atoms. The van der Waals surface area contributed by atoms with Crippen LogP contribution in [0.2, 0.25) is 0 Å². The number of carbonyl (C=O) groups is 1. The van der Waals surface area contributed by atoms with Gasteiger partial charge in [-0.1, -0.05) is 18.2 Å². The second-order valence-electron chi connectivity index (χ2n) is 4.73. The second kappa shape index (κ2) is 5.20. The summed E-state index contributed by atoms with van der Waals surface area (Å²) in [6.07, 6.45) is 1.58. The lowest BCUT2D eigenvalue weighted by Crippen LogP contribution is -2.24. The van der Waals surface area contributed by atoms with E-state index < -0.39 is 4.92 Å². The van der Waals surface area contributed by atoms with Crippen LogP contribution >= 0.6 is 0 Å². The van der Waals surface area contributed by atoms with Gasteiger partial charge in [0.1, 0.15) is 0 Å². The molecule has 0 spiro atoms. The highest BCUT2D eigenvalue weighted by Gasteiger charge is 2.23. The van der Waals surface area contributed by atoms with Gasteiger partial charge in [0.2, 0.25) is 0 Å². The molecule has 104 valence electrons. The molecule has 1 heterocycles. The Morgan fingerprint density at radius 1 is 1.00 bits per heavy atom. The number of non-ortho nitro benzene ring substituents is 1. The summed E-state index contributed by atoms with van der Waals surface area (Å²) in [5.74, 6) is -0.0745. The number of rotatable bonds is 3. The third-order valence-electron chi connectivity index (χ3n) is 3.41. The molecule has 2 aromatic carbocycles. The highest BCUT2D eigenvalue weighted by Crippen LogP contribution is 2.27. The van der Waals surface area contributed by atoms with Gasteiger partial charge in [-0.25, -0.2) is 0 Å². The van der Waals surface area contributed by atoms with E-state index in [9.17, 15) is 14.9 Å². The van der Waals surface area contributed by atoms with Crippen molar-refractivity contribution in [3.63, 3.8) is 0 Å². The molecule has 2 aromatic rings. The first kappa shape index (κ1) is 13.1. The van der Waals surface area contributed by atoms with Gasteiger partial charge in [0.15, 0.2) is 0 Å². The zero-order valence-corrected chi connectivity index (χ0v) is 11.1. The molecule has 5 heteroatoms. The Morgan fingerprint density at radius 3 is 2.29 bits per heavy atom. The van der Waals surface area contributed by atoms with Crippen molar-refractivity contribution in [2.45, 2.75) is 0 Å². The lowest BCUT2D eigenvalue weighted by molar-refractivity contribution is -0.384. The Labute approximate surface area is 121 Å². The van der Waals surface area contributed by atoms with Crippen LogP contribution < -0.4 is 4.90 Å². The minimum Gasteiger partial charge on any atom is -0.304 e. The third-order valence-corrected chi connectivity index (χ3v) is 3.41. The number of hydrogen-bond donors (Lipinski definition) is 0. The molecule has 1 aliphatic heterocycles. The largest absolute Gasteiger partial charge is 0.304 e. The normalized spacial score (nSPS) is 14.2. The quantitative estimate of drug-likeness (QED) is 0.641. The van der Waals surface area contributed by atoms with E-state index in [0.717, 1.165) is 16.8 Å². The van der Waals surface area contributed by atoms with Gasteiger partial charge >= 0.3 is 0 Å². The van der Waals surface area contributed by atoms with Crippen LogP contribution in [0.3, 0.4) is 0 Å². The molecule has 0 aliphatic carbocycles. The predicted molar refractivity (Wildman–Crippen MR) is 79.9 cm³/mol. The maximum Gasteiger partial charge on any atom is 0.269 e. The SMILES string of the molecule is O=C1C=C(c2ccc([N+](=O)[O-])cc2)CN1c1ccccc1. The van der Waals surface area contributed by atoms with Crippen LogP contribution in [0.5, 0.6) is 0 Å². The average Bonchev–Trinajstić information content (AvgIpc) is 2.90. The molecule has 0 bridgehead atoms. The van der Waals surface area contributed by atoms with Crippen molar-refractivity contribution in [3.8, 4) is 0 Å². The molecule has 0 radical (unpaired) electrons. The van der Waals surface area contributed by atoms with E-state index >= 15 is 0 Å². The summed E-state index contributed by atoms with van der Waals surface area (Å²) in [6.45, 7) is 0.473. The predicted octanol–water partition coefficient (Wildman–Crippen LogP) is 3.03. The van der Waals surface area contributed by atoms with E-state index in [1.165, 1.54) is 12.1 Å². The smallest absolute Gasteiger partial charge is 0.269 e. The van der Waals surface area contributed by atoms with Crippen LogP contribution in [-0.2, 0) is 4.79 Å². The number of nitrogens with zero attached hydrogens (tertiary/aromatic N) is 2. The van der Waals surface area contributed by atoms with Gasteiger partial charge < -0.3 is 4.90 Å². The summed E-state index contributed by atoms with van der Waals surface area (Å²) in [5.41, 5.74) is 2.57. The first-order chi connectivity index (χ1) is 10.1. The van der Waals surface area contributed by atoms with E-state index in [2.05, 4.69) is 0 Å². The Kier molecular flexibility index (Phi) is 3.23. The molecule has 5 nitrogen and oxygen atoms in total. The average molecular weight is 280 g/mol. The Bertz CT molecular complexity index is 721. The molecule has 0 saturated heterocycles. The van der Waals surface area contributed by atoms with Crippen molar-refractivity contribution < 1.29 is 9.72 Å². The zero-order valence-electron chi connectivity index (χ0n) is 11.1. The molecule has 0 fully saturated rings. The molecule has 0 unspecified atom stereocenters. The second-order valence-corrected chi connectivity index (χ2v) is 4.73. The first-order valence-electron chi connectivity index (χ1n) is 6.47. The molecule has 3 rings (SSSR count). The van der Waals surface area contributed by atoms with E-state index in [0.29, 0.717) is 6.54 Å². The number of nitro groups is 1. The van der Waals surface area contributed by atoms with Crippen molar-refractivity contribution in [3.05, 3.63) is 76.4 Å². The van der Waals surface area contributed by atoms with Gasteiger partial charge in [-0.05, 0) is 35.4 Å². The summed E-state index contributed by atoms with van der Waals surface area (Å²) in [6, 6.07) is 15.7. The van der Waals surface area contributed by atoms with Crippen LogP contribution in [-0.4, -0.2) is 17.4 Å². The first-order valence-corrected chi connectivity index (χ1v) is 6.47. The number of para-hydroxylation sites is 1. The van der Waals surface area contributed by atoms with Crippen LogP contribution in [0.25, 0.3) is 5.57 Å². The van der Waals surface area contributed by atoms with E-state index in [1.54, 1.807) is 23.1 Å². The Balaban J connectivity index is 1.84. The molecule has 1 amide bonds. The topological polar surface area (TPSA) is 63.4 Å². The van der Waals surface area contributed by atoms with E-state index in [-0.39, 0.29) is 11.6 Å². The zero-order chi connectivity index (χ0) is 14.8. The maximum absolute atomic E-state index is 12.1. The van der Waals surface area contributed by atoms with Crippen molar-refractivity contribution in [1.82, 2.24) is 0 Å². The van der Waals surface area contributed by atoms with Crippen LogP contribution in [0, 0.1) is 10.1 Å². The fraction of sp³-hybridized carbons (Fsp3) is 0.0625. The minimum absolute atomic E-state index is 0.0450. The van der Waals surface area contributed by atoms with Crippen LogP contribution in [0.1, 0.15) is 5.56 Å². The van der Waals surface area contributed by atoms with Crippen molar-refractivity contribution in [2.75, 3.05) is 11.4 Å². The van der Waals surface area contributed by atoms with Gasteiger partial charge in [-0.15, -0.1) is 0 Å². The summed E-state index contributed by atoms with van der Waals surface area (Å²) >= 11 is 0. The van der Waals surface area contributed by atoms with Gasteiger partial charge in [-0.3, -0.25) is 14.9 Å². The third kappa shape index (κ3) is 2.53. The lowest BCUT2D eigenvalue weighted by Gasteiger charge is -2.16. The molecule has 0 saturated carbocycles. The molecular formula is C16H12N2O3. The number of carbonyl (C=O) groups excluding carboxylic acids is 1. The number of anilines is 1. The van der Waals surface area contributed by atoms with Gasteiger partial charge in [-0.2, -0.15) is 0 Å². The van der Waals surface area contributed by atoms with E-state index in [1.807, 2.05) is 30.3 Å². The van der Waals surface area contributed by atoms with Gasteiger partial charge in [0.25, 0.3) is 11.6 Å². The van der Waals surface area contributed by atoms with Crippen molar-refractivity contribution in [2.24, 2.45) is 0 Å². The van der Waals surface area contributed by atoms with Gasteiger partial charge in [0, 0.05) is 23.9 Å². The van der Waals surface area contributed by atoms with Crippen LogP contribution in [0.4, 0.5) is 11.4 Å². The van der Waals surface area contributed by atoms with Crippen molar-refractivity contribution >= 4 is 22.9 Å². The monoisotopic (exact) mass is 280 g/mol. The molecule has 0 atom stereocenters. The summed E-state index contributed by atoms with van der Waals surface area (Å²) < 4.78 is 0. The highest BCUT2D eigenvalue weighted by molar-refractivity contribution is 6.11. The maximum atomic E-state index is 12.1. The number of hydrogen-bond acceptors (Lipinski definition) is 3. The molecular weight excluding hydrogens is 268 g/mol. The fourth-order valence-corrected chi connectivity index (χ4v) is 2.32. The summed E-state index contributed by atoms with van der Waals surface area (Å²) in [4.78, 5) is 24.0. The molecule has 0 N–H and O–H groups in total. The standard InChI is InChI=1S/C16H12N2O3/c19-16-10-13(11-17(16)14-4-2-1-3-5-14)12-6-8-15(9-7-12)18(20)21/h1-10H,11H2. The molecule has 0 aromatic heterocycles. The highest BCUT2D eigenvalue weighted by atomic mass is 16.6. The fourth-order valence-electron chi connectivity index (χ4n) is 2.32. The van der Waals surface area contributed by atoms with Crippen LogP contribution in [0.15, 0.2) is 60.7 Å². The minimum atomic E-state index is -0.436. The number of nitro benzene ring substituents is 1. The number of benzene rings is 2. The van der Waals surface area contributed by atoms with E-state index in [4.69, 9.17) is 0 Å². The summed E-state index contributed by atoms with van der Waals surface area (Å²) in [5, 5.41) is 10.7. The summed E-state index contributed by atoms with van der Waals surface area (Å²) in [7, 11) is 0. The Morgan fingerprint density at radius 2 is 1.67 bits per heavy atom. The number of amides is 1.